The molecule has 0 saturated heterocycles. The van der Waals surface area contributed by atoms with E-state index in [1.807, 2.05) is 28.9 Å². The third-order valence-corrected chi connectivity index (χ3v) is 6.31. The van der Waals surface area contributed by atoms with E-state index in [1.54, 1.807) is 13.3 Å². The summed E-state index contributed by atoms with van der Waals surface area (Å²) in [5, 5.41) is 11.2. The zero-order valence-corrected chi connectivity index (χ0v) is 19.3. The van der Waals surface area contributed by atoms with E-state index in [0.29, 0.717) is 18.0 Å². The maximum Gasteiger partial charge on any atom is 0.256 e. The Bertz CT molecular complexity index is 1050. The van der Waals surface area contributed by atoms with Gasteiger partial charge in [-0.15, -0.1) is 0 Å². The minimum Gasteiger partial charge on any atom is -0.497 e. The number of carbonyl (C=O) groups excluding carboxylic acids is 1. The molecule has 2 atom stereocenters. The fraction of sp³-hybridized carbons (Fsp3) is 0.385. The Balaban J connectivity index is 1.54. The Kier molecular flexibility index (Phi) is 6.49. The van der Waals surface area contributed by atoms with Gasteiger partial charge in [-0.3, -0.25) is 4.79 Å². The predicted octanol–water partition coefficient (Wildman–Crippen LogP) is 5.14. The van der Waals surface area contributed by atoms with Gasteiger partial charge in [-0.1, -0.05) is 57.2 Å². The van der Waals surface area contributed by atoms with Crippen LogP contribution in [0.4, 0.5) is 5.82 Å². The molecular formula is C26H32N4O2. The molecule has 168 valence electrons. The molecule has 6 heteroatoms. The summed E-state index contributed by atoms with van der Waals surface area (Å²) >= 11 is 0. The smallest absolute Gasteiger partial charge is 0.256 e. The van der Waals surface area contributed by atoms with Crippen LogP contribution in [0.15, 0.2) is 54.7 Å². The number of hydrogen-bond acceptors (Lipinski definition) is 4. The number of anilines is 1. The van der Waals surface area contributed by atoms with E-state index >= 15 is 0 Å². The molecule has 6 nitrogen and oxygen atoms in total. The van der Waals surface area contributed by atoms with Crippen molar-refractivity contribution in [3.8, 4) is 5.75 Å². The quantitative estimate of drug-likeness (QED) is 0.543. The first-order valence-electron chi connectivity index (χ1n) is 11.3. The number of hydrogen-bond donors (Lipinski definition) is 2. The summed E-state index contributed by atoms with van der Waals surface area (Å²) in [4.78, 5) is 13.0. The number of nitrogens with zero attached hydrogens (tertiary/aromatic N) is 2. The van der Waals surface area contributed by atoms with Gasteiger partial charge in [0.25, 0.3) is 5.91 Å². The lowest BCUT2D eigenvalue weighted by atomic mass is 9.90. The number of ether oxygens (including phenoxy) is 1. The highest BCUT2D eigenvalue weighted by molar-refractivity contribution is 5.98. The van der Waals surface area contributed by atoms with E-state index < -0.39 is 0 Å². The zero-order chi connectivity index (χ0) is 22.7. The van der Waals surface area contributed by atoms with Crippen molar-refractivity contribution >= 4 is 11.7 Å². The fourth-order valence-electron chi connectivity index (χ4n) is 4.27. The van der Waals surface area contributed by atoms with Gasteiger partial charge in [0.2, 0.25) is 0 Å². The lowest BCUT2D eigenvalue weighted by Gasteiger charge is -2.35. The van der Waals surface area contributed by atoms with Gasteiger partial charge in [0.15, 0.2) is 0 Å². The number of aryl methyl sites for hydroxylation is 1. The first kappa shape index (κ1) is 21.9. The molecule has 1 aliphatic rings. The number of nitrogens with one attached hydrogen (secondary N) is 2. The standard InChI is InChI=1S/C26H32N4O2/c1-5-18-6-10-20(11-7-18)23-14-24(17(2)3)30-25(29-23)22(16-28-30)26(31)27-15-19-8-12-21(32-4)13-9-19/h6-13,16-17,23-24,29H,5,14-15H2,1-4H3,(H,27,31). The van der Waals surface area contributed by atoms with Gasteiger partial charge < -0.3 is 15.4 Å². The second-order valence-corrected chi connectivity index (χ2v) is 8.72. The van der Waals surface area contributed by atoms with E-state index in [-0.39, 0.29) is 18.0 Å². The molecule has 32 heavy (non-hydrogen) atoms. The molecular weight excluding hydrogens is 400 g/mol. The summed E-state index contributed by atoms with van der Waals surface area (Å²) in [5.74, 6) is 1.88. The van der Waals surface area contributed by atoms with Crippen molar-refractivity contribution in [2.45, 2.75) is 52.2 Å². The van der Waals surface area contributed by atoms with Crippen LogP contribution in [0.5, 0.6) is 5.75 Å². The molecule has 2 unspecified atom stereocenters. The lowest BCUT2D eigenvalue weighted by molar-refractivity contribution is 0.0951. The average Bonchev–Trinajstić information content (AvgIpc) is 3.26. The lowest BCUT2D eigenvalue weighted by Crippen LogP contribution is -2.31. The first-order chi connectivity index (χ1) is 15.5. The highest BCUT2D eigenvalue weighted by Gasteiger charge is 2.33. The maximum atomic E-state index is 13.0. The number of fused-ring (bicyclic) bond motifs is 1. The number of benzene rings is 2. The Hall–Kier alpha value is -3.28. The van der Waals surface area contributed by atoms with Crippen molar-refractivity contribution in [1.29, 1.82) is 0 Å². The summed E-state index contributed by atoms with van der Waals surface area (Å²) in [6.07, 6.45) is 3.65. The SMILES string of the molecule is CCc1ccc(C2CC(C(C)C)n3ncc(C(=O)NCc4ccc(OC)cc4)c3N2)cc1. The minimum absolute atomic E-state index is 0.126. The molecule has 0 aliphatic carbocycles. The van der Waals surface area contributed by atoms with Crippen LogP contribution in [0.3, 0.4) is 0 Å². The molecule has 2 aromatic carbocycles. The molecule has 4 rings (SSSR count). The van der Waals surface area contributed by atoms with Crippen LogP contribution in [0.1, 0.15) is 66.3 Å². The van der Waals surface area contributed by atoms with Crippen molar-refractivity contribution in [3.05, 3.63) is 77.0 Å². The molecule has 0 saturated carbocycles. The second-order valence-electron chi connectivity index (χ2n) is 8.72. The number of carbonyl (C=O) groups is 1. The van der Waals surface area contributed by atoms with Gasteiger partial charge in [0.1, 0.15) is 17.1 Å². The monoisotopic (exact) mass is 432 g/mol. The molecule has 0 fully saturated rings. The number of methoxy groups -OCH3 is 1. The molecule has 0 bridgehead atoms. The predicted molar refractivity (Wildman–Crippen MR) is 127 cm³/mol. The van der Waals surface area contributed by atoms with Crippen molar-refractivity contribution < 1.29 is 9.53 Å². The summed E-state index contributed by atoms with van der Waals surface area (Å²) in [6.45, 7) is 7.03. The van der Waals surface area contributed by atoms with Gasteiger partial charge in [0.05, 0.1) is 25.4 Å². The highest BCUT2D eigenvalue weighted by Crippen LogP contribution is 2.39. The van der Waals surface area contributed by atoms with Crippen molar-refractivity contribution in [1.82, 2.24) is 15.1 Å². The van der Waals surface area contributed by atoms with E-state index in [4.69, 9.17) is 4.74 Å². The second kappa shape index (κ2) is 9.47. The third kappa shape index (κ3) is 4.49. The van der Waals surface area contributed by atoms with Crippen LogP contribution in [-0.2, 0) is 13.0 Å². The van der Waals surface area contributed by atoms with Gasteiger partial charge in [0, 0.05) is 6.54 Å². The van der Waals surface area contributed by atoms with E-state index in [9.17, 15) is 4.79 Å². The summed E-state index contributed by atoms with van der Waals surface area (Å²) in [6, 6.07) is 16.8. The van der Waals surface area contributed by atoms with Crippen LogP contribution < -0.4 is 15.4 Å². The molecule has 2 N–H and O–H groups in total. The Labute approximate surface area is 190 Å². The van der Waals surface area contributed by atoms with Gasteiger partial charge in [-0.2, -0.15) is 5.10 Å². The van der Waals surface area contributed by atoms with Gasteiger partial charge in [-0.05, 0) is 47.6 Å². The number of aromatic nitrogens is 2. The summed E-state index contributed by atoms with van der Waals surface area (Å²) in [5.41, 5.74) is 4.17. The first-order valence-corrected chi connectivity index (χ1v) is 11.3. The number of rotatable bonds is 7. The molecule has 1 aliphatic heterocycles. The minimum atomic E-state index is -0.126. The van der Waals surface area contributed by atoms with Crippen LogP contribution in [-0.4, -0.2) is 22.8 Å². The molecule has 2 heterocycles. The average molecular weight is 433 g/mol. The topological polar surface area (TPSA) is 68.2 Å². The molecule has 1 aromatic heterocycles. The normalized spacial score (nSPS) is 17.5. The molecule has 3 aromatic rings. The maximum absolute atomic E-state index is 13.0. The van der Waals surface area contributed by atoms with E-state index in [0.717, 1.165) is 30.0 Å². The summed E-state index contributed by atoms with van der Waals surface area (Å²) < 4.78 is 7.19. The van der Waals surface area contributed by atoms with Crippen molar-refractivity contribution in [3.63, 3.8) is 0 Å². The number of amides is 1. The van der Waals surface area contributed by atoms with Crippen LogP contribution >= 0.6 is 0 Å². The third-order valence-electron chi connectivity index (χ3n) is 6.31. The van der Waals surface area contributed by atoms with Gasteiger partial charge >= 0.3 is 0 Å². The van der Waals surface area contributed by atoms with Crippen molar-refractivity contribution in [2.75, 3.05) is 12.4 Å². The fourth-order valence-corrected chi connectivity index (χ4v) is 4.27. The Morgan fingerprint density at radius 1 is 1.16 bits per heavy atom. The van der Waals surface area contributed by atoms with Crippen LogP contribution in [0, 0.1) is 5.92 Å². The van der Waals surface area contributed by atoms with E-state index in [1.165, 1.54) is 11.1 Å². The summed E-state index contributed by atoms with van der Waals surface area (Å²) in [7, 11) is 1.64. The largest absolute Gasteiger partial charge is 0.497 e. The van der Waals surface area contributed by atoms with Crippen LogP contribution in [0.25, 0.3) is 0 Å². The molecule has 1 amide bonds. The molecule has 0 radical (unpaired) electrons. The van der Waals surface area contributed by atoms with Gasteiger partial charge in [-0.25, -0.2) is 4.68 Å². The Morgan fingerprint density at radius 3 is 2.47 bits per heavy atom. The molecule has 0 spiro atoms. The van der Waals surface area contributed by atoms with Crippen LogP contribution in [0.2, 0.25) is 0 Å². The van der Waals surface area contributed by atoms with E-state index in [2.05, 4.69) is 60.8 Å². The highest BCUT2D eigenvalue weighted by atomic mass is 16.5. The zero-order valence-electron chi connectivity index (χ0n) is 19.3. The Morgan fingerprint density at radius 2 is 1.84 bits per heavy atom. The van der Waals surface area contributed by atoms with Crippen molar-refractivity contribution in [2.24, 2.45) is 5.92 Å².